The van der Waals surface area contributed by atoms with Crippen LogP contribution < -0.4 is 4.90 Å². The SMILES string of the molecule is CC(O)c1cc([N+](=O)[O-])c(N(C)Cc2ccc(Cl)s2)s1. The highest BCUT2D eigenvalue weighted by Gasteiger charge is 2.24. The van der Waals surface area contributed by atoms with Crippen molar-refractivity contribution in [2.45, 2.75) is 19.6 Å². The molecule has 108 valence electrons. The molecule has 2 heterocycles. The number of rotatable bonds is 5. The van der Waals surface area contributed by atoms with Crippen molar-refractivity contribution in [3.05, 3.63) is 42.4 Å². The van der Waals surface area contributed by atoms with Crippen LogP contribution >= 0.6 is 34.3 Å². The topological polar surface area (TPSA) is 66.6 Å². The highest BCUT2D eigenvalue weighted by atomic mass is 35.5. The number of nitrogens with zero attached hydrogens (tertiary/aromatic N) is 2. The Morgan fingerprint density at radius 1 is 1.50 bits per heavy atom. The number of hydrogen-bond donors (Lipinski definition) is 1. The van der Waals surface area contributed by atoms with Gasteiger partial charge in [-0.15, -0.1) is 22.7 Å². The molecule has 0 bridgehead atoms. The molecule has 0 aromatic carbocycles. The fourth-order valence-electron chi connectivity index (χ4n) is 1.74. The van der Waals surface area contributed by atoms with E-state index in [0.29, 0.717) is 20.8 Å². The van der Waals surface area contributed by atoms with Gasteiger partial charge in [0.2, 0.25) is 0 Å². The molecule has 2 rings (SSSR count). The quantitative estimate of drug-likeness (QED) is 0.662. The van der Waals surface area contributed by atoms with Gasteiger partial charge in [-0.2, -0.15) is 0 Å². The monoisotopic (exact) mass is 332 g/mol. The zero-order valence-corrected chi connectivity index (χ0v) is 13.3. The second-order valence-electron chi connectivity index (χ2n) is 4.33. The van der Waals surface area contributed by atoms with Crippen molar-refractivity contribution in [2.75, 3.05) is 11.9 Å². The third kappa shape index (κ3) is 3.29. The first-order valence-electron chi connectivity index (χ1n) is 5.80. The van der Waals surface area contributed by atoms with Crippen LogP contribution in [0.4, 0.5) is 10.7 Å². The number of thiophene rings is 2. The molecule has 2 aromatic heterocycles. The highest BCUT2D eigenvalue weighted by Crippen LogP contribution is 2.40. The zero-order chi connectivity index (χ0) is 14.9. The summed E-state index contributed by atoms with van der Waals surface area (Å²) in [6.45, 7) is 2.14. The van der Waals surface area contributed by atoms with Crippen molar-refractivity contribution >= 4 is 45.0 Å². The molecule has 0 fully saturated rings. The van der Waals surface area contributed by atoms with Crippen LogP contribution in [-0.4, -0.2) is 17.1 Å². The van der Waals surface area contributed by atoms with Gasteiger partial charge in [0.1, 0.15) is 0 Å². The van der Waals surface area contributed by atoms with Crippen molar-refractivity contribution < 1.29 is 10.0 Å². The standard InChI is InChI=1S/C12H13ClN2O3S2/c1-7(16)10-5-9(15(17)18)12(20-10)14(2)6-8-3-4-11(13)19-8/h3-5,7,16H,6H2,1-2H3. The maximum Gasteiger partial charge on any atom is 0.304 e. The molecule has 0 saturated heterocycles. The van der Waals surface area contributed by atoms with Gasteiger partial charge in [0, 0.05) is 22.9 Å². The van der Waals surface area contributed by atoms with Gasteiger partial charge < -0.3 is 10.0 Å². The Morgan fingerprint density at radius 2 is 2.20 bits per heavy atom. The van der Waals surface area contributed by atoms with Gasteiger partial charge >= 0.3 is 5.69 Å². The van der Waals surface area contributed by atoms with Gasteiger partial charge in [0.05, 0.1) is 21.9 Å². The second kappa shape index (κ2) is 6.09. The Kier molecular flexibility index (Phi) is 4.64. The number of aliphatic hydroxyl groups excluding tert-OH is 1. The third-order valence-corrected chi connectivity index (χ3v) is 5.31. The summed E-state index contributed by atoms with van der Waals surface area (Å²) in [5.74, 6) is 0. The average Bonchev–Trinajstić information content (AvgIpc) is 2.95. The maximum absolute atomic E-state index is 11.1. The normalized spacial score (nSPS) is 12.4. The first kappa shape index (κ1) is 15.2. The van der Waals surface area contributed by atoms with E-state index in [-0.39, 0.29) is 5.69 Å². The van der Waals surface area contributed by atoms with E-state index in [1.54, 1.807) is 24.9 Å². The summed E-state index contributed by atoms with van der Waals surface area (Å²) in [4.78, 5) is 14.1. The minimum absolute atomic E-state index is 0.0241. The first-order valence-corrected chi connectivity index (χ1v) is 7.81. The minimum Gasteiger partial charge on any atom is -0.388 e. The first-order chi connectivity index (χ1) is 9.38. The Labute approximate surface area is 129 Å². The summed E-state index contributed by atoms with van der Waals surface area (Å²) < 4.78 is 0.693. The van der Waals surface area contributed by atoms with Crippen LogP contribution in [0.2, 0.25) is 4.34 Å². The number of hydrogen-bond acceptors (Lipinski definition) is 6. The molecule has 0 spiro atoms. The lowest BCUT2D eigenvalue weighted by atomic mass is 10.3. The van der Waals surface area contributed by atoms with E-state index in [1.807, 2.05) is 6.07 Å². The van der Waals surface area contributed by atoms with Crippen molar-refractivity contribution in [3.8, 4) is 0 Å². The van der Waals surface area contributed by atoms with Crippen LogP contribution in [0.25, 0.3) is 0 Å². The van der Waals surface area contributed by atoms with Gasteiger partial charge in [-0.05, 0) is 19.1 Å². The number of halogens is 1. The van der Waals surface area contributed by atoms with Gasteiger partial charge in [-0.3, -0.25) is 10.1 Å². The van der Waals surface area contributed by atoms with Crippen molar-refractivity contribution in [2.24, 2.45) is 0 Å². The molecule has 1 unspecified atom stereocenters. The lowest BCUT2D eigenvalue weighted by Gasteiger charge is -2.15. The van der Waals surface area contributed by atoms with Gasteiger partial charge in [-0.1, -0.05) is 11.6 Å². The Morgan fingerprint density at radius 3 is 2.70 bits per heavy atom. The summed E-state index contributed by atoms with van der Waals surface area (Å²) in [6, 6.07) is 5.14. The molecule has 2 aromatic rings. The fraction of sp³-hybridized carbons (Fsp3) is 0.333. The Bertz CT molecular complexity index is 624. The molecule has 0 aliphatic heterocycles. The summed E-state index contributed by atoms with van der Waals surface area (Å²) in [5.41, 5.74) is 0.0241. The fourth-order valence-corrected chi connectivity index (χ4v) is 3.91. The maximum atomic E-state index is 11.1. The van der Waals surface area contributed by atoms with Crippen molar-refractivity contribution in [1.82, 2.24) is 0 Å². The molecule has 20 heavy (non-hydrogen) atoms. The lowest BCUT2D eigenvalue weighted by molar-refractivity contribution is -0.383. The molecule has 1 atom stereocenters. The Hall–Kier alpha value is -1.15. The second-order valence-corrected chi connectivity index (χ2v) is 7.20. The minimum atomic E-state index is -0.711. The molecule has 0 aliphatic carbocycles. The number of anilines is 1. The zero-order valence-electron chi connectivity index (χ0n) is 10.9. The molecule has 0 radical (unpaired) electrons. The molecule has 0 aliphatic rings. The van der Waals surface area contributed by atoms with E-state index < -0.39 is 11.0 Å². The van der Waals surface area contributed by atoms with E-state index in [9.17, 15) is 15.2 Å². The van der Waals surface area contributed by atoms with E-state index in [4.69, 9.17) is 11.6 Å². The number of nitro groups is 1. The largest absolute Gasteiger partial charge is 0.388 e. The van der Waals surface area contributed by atoms with Crippen LogP contribution in [0.15, 0.2) is 18.2 Å². The summed E-state index contributed by atoms with van der Waals surface area (Å²) in [7, 11) is 1.79. The predicted molar refractivity (Wildman–Crippen MR) is 83.0 cm³/mol. The van der Waals surface area contributed by atoms with Crippen LogP contribution in [0, 0.1) is 10.1 Å². The van der Waals surface area contributed by atoms with Gasteiger partial charge in [0.15, 0.2) is 5.00 Å². The van der Waals surface area contributed by atoms with Crippen LogP contribution in [-0.2, 0) is 6.54 Å². The summed E-state index contributed by atoms with van der Waals surface area (Å²) >= 11 is 8.56. The predicted octanol–water partition coefficient (Wildman–Crippen LogP) is 4.06. The summed E-state index contributed by atoms with van der Waals surface area (Å²) in [6.07, 6.45) is -0.711. The van der Waals surface area contributed by atoms with Crippen molar-refractivity contribution in [3.63, 3.8) is 0 Å². The molecular weight excluding hydrogens is 320 g/mol. The van der Waals surface area contributed by atoms with E-state index in [0.717, 1.165) is 4.88 Å². The number of aliphatic hydroxyl groups is 1. The third-order valence-electron chi connectivity index (χ3n) is 2.69. The van der Waals surface area contributed by atoms with Crippen LogP contribution in [0.3, 0.4) is 0 Å². The highest BCUT2D eigenvalue weighted by molar-refractivity contribution is 7.17. The molecule has 0 saturated carbocycles. The van der Waals surface area contributed by atoms with Gasteiger partial charge in [0.25, 0.3) is 0 Å². The molecule has 0 amide bonds. The molecule has 1 N–H and O–H groups in total. The molecule has 8 heteroatoms. The van der Waals surface area contributed by atoms with E-state index in [1.165, 1.54) is 28.7 Å². The van der Waals surface area contributed by atoms with Crippen LogP contribution in [0.1, 0.15) is 22.8 Å². The van der Waals surface area contributed by atoms with E-state index in [2.05, 4.69) is 0 Å². The smallest absolute Gasteiger partial charge is 0.304 e. The molecule has 5 nitrogen and oxygen atoms in total. The van der Waals surface area contributed by atoms with E-state index >= 15 is 0 Å². The molecular formula is C12H13ClN2O3S2. The lowest BCUT2D eigenvalue weighted by Crippen LogP contribution is -2.15. The Balaban J connectivity index is 2.28. The van der Waals surface area contributed by atoms with Gasteiger partial charge in [-0.25, -0.2) is 0 Å². The average molecular weight is 333 g/mol. The summed E-state index contributed by atoms with van der Waals surface area (Å²) in [5, 5.41) is 21.2. The van der Waals surface area contributed by atoms with Crippen molar-refractivity contribution in [1.29, 1.82) is 0 Å². The van der Waals surface area contributed by atoms with Crippen LogP contribution in [0.5, 0.6) is 0 Å².